The molecule has 1 rings (SSSR count). The van der Waals surface area contributed by atoms with E-state index < -0.39 is 10.0 Å². The number of benzene rings is 1. The number of halogens is 1. The summed E-state index contributed by atoms with van der Waals surface area (Å²) in [5.41, 5.74) is 6.07. The molecule has 1 atom stereocenters. The van der Waals surface area contributed by atoms with Gasteiger partial charge in [0.2, 0.25) is 10.0 Å². The van der Waals surface area contributed by atoms with Gasteiger partial charge in [0.05, 0.1) is 5.02 Å². The van der Waals surface area contributed by atoms with Crippen LogP contribution in [0.3, 0.4) is 0 Å². The molecule has 4 nitrogen and oxygen atoms in total. The molecule has 0 fully saturated rings. The molecule has 0 bridgehead atoms. The number of nitrogens with zero attached hydrogens (tertiary/aromatic N) is 1. The van der Waals surface area contributed by atoms with E-state index in [1.165, 1.54) is 16.4 Å². The molecule has 0 saturated carbocycles. The van der Waals surface area contributed by atoms with Crippen molar-refractivity contribution in [3.63, 3.8) is 0 Å². The Morgan fingerprint density at radius 1 is 1.38 bits per heavy atom. The number of nitrogens with two attached hydrogens (primary N) is 1. The first-order valence-electron chi connectivity index (χ1n) is 6.64. The molecule has 0 aliphatic heterocycles. The van der Waals surface area contributed by atoms with Crippen LogP contribution in [0.2, 0.25) is 5.02 Å². The van der Waals surface area contributed by atoms with Gasteiger partial charge in [0, 0.05) is 18.7 Å². The first kappa shape index (κ1) is 18.4. The van der Waals surface area contributed by atoms with E-state index in [-0.39, 0.29) is 20.9 Å². The van der Waals surface area contributed by atoms with E-state index in [0.717, 1.165) is 6.42 Å². The summed E-state index contributed by atoms with van der Waals surface area (Å²) < 4.78 is 26.6. The van der Waals surface area contributed by atoms with Gasteiger partial charge in [0.15, 0.2) is 0 Å². The predicted molar refractivity (Wildman–Crippen MR) is 91.2 cm³/mol. The summed E-state index contributed by atoms with van der Waals surface area (Å²) in [6.45, 7) is 6.00. The minimum Gasteiger partial charge on any atom is -0.389 e. The molecule has 1 aromatic rings. The molecule has 118 valence electrons. The summed E-state index contributed by atoms with van der Waals surface area (Å²) >= 11 is 10.9. The molecular weight excluding hydrogens is 328 g/mol. The van der Waals surface area contributed by atoms with Crippen molar-refractivity contribution < 1.29 is 8.42 Å². The third-order valence-electron chi connectivity index (χ3n) is 3.31. The molecule has 2 N–H and O–H groups in total. The Kier molecular flexibility index (Phi) is 6.16. The molecule has 21 heavy (non-hydrogen) atoms. The lowest BCUT2D eigenvalue weighted by molar-refractivity contribution is 0.338. The largest absolute Gasteiger partial charge is 0.389 e. The van der Waals surface area contributed by atoms with E-state index in [2.05, 4.69) is 13.8 Å². The Morgan fingerprint density at radius 3 is 2.38 bits per heavy atom. The van der Waals surface area contributed by atoms with E-state index in [1.54, 1.807) is 13.1 Å². The predicted octanol–water partition coefficient (Wildman–Crippen LogP) is 3.03. The van der Waals surface area contributed by atoms with Crippen molar-refractivity contribution in [2.75, 3.05) is 7.05 Å². The van der Waals surface area contributed by atoms with Gasteiger partial charge >= 0.3 is 0 Å². The fourth-order valence-electron chi connectivity index (χ4n) is 2.09. The monoisotopic (exact) mass is 348 g/mol. The van der Waals surface area contributed by atoms with Crippen LogP contribution in [0.4, 0.5) is 0 Å². The third kappa shape index (κ3) is 4.39. The highest BCUT2D eigenvalue weighted by atomic mass is 35.5. The van der Waals surface area contributed by atoms with Crippen LogP contribution in [-0.4, -0.2) is 30.8 Å². The molecule has 1 aromatic carbocycles. The summed E-state index contributed by atoms with van der Waals surface area (Å²) in [6, 6.07) is 4.39. The van der Waals surface area contributed by atoms with Gasteiger partial charge in [0.25, 0.3) is 0 Å². The fraction of sp³-hybridized carbons (Fsp3) is 0.500. The highest BCUT2D eigenvalue weighted by Gasteiger charge is 2.27. The number of rotatable bonds is 6. The van der Waals surface area contributed by atoms with Gasteiger partial charge in [-0.15, -0.1) is 0 Å². The number of hydrogen-bond acceptors (Lipinski definition) is 3. The first-order chi connectivity index (χ1) is 9.57. The van der Waals surface area contributed by atoms with Crippen LogP contribution in [0.5, 0.6) is 0 Å². The third-order valence-corrected chi connectivity index (χ3v) is 6.00. The number of sulfonamides is 1. The highest BCUT2D eigenvalue weighted by Crippen LogP contribution is 2.27. The summed E-state index contributed by atoms with van der Waals surface area (Å²) in [7, 11) is -2.07. The second kappa shape index (κ2) is 7.05. The number of hydrogen-bond donors (Lipinski definition) is 1. The Morgan fingerprint density at radius 2 is 1.95 bits per heavy atom. The van der Waals surface area contributed by atoms with E-state index in [1.807, 2.05) is 6.92 Å². The van der Waals surface area contributed by atoms with Gasteiger partial charge in [-0.1, -0.05) is 43.7 Å². The molecule has 0 radical (unpaired) electrons. The van der Waals surface area contributed by atoms with Crippen LogP contribution >= 0.6 is 23.8 Å². The topological polar surface area (TPSA) is 63.4 Å². The number of thiocarbonyl (C=S) groups is 1. The van der Waals surface area contributed by atoms with Crippen molar-refractivity contribution in [3.8, 4) is 0 Å². The lowest BCUT2D eigenvalue weighted by atomic mass is 10.1. The van der Waals surface area contributed by atoms with Crippen LogP contribution in [0.1, 0.15) is 32.8 Å². The van der Waals surface area contributed by atoms with Crippen LogP contribution in [0.25, 0.3) is 0 Å². The molecule has 0 saturated heterocycles. The van der Waals surface area contributed by atoms with Crippen molar-refractivity contribution in [3.05, 3.63) is 28.8 Å². The van der Waals surface area contributed by atoms with Crippen LogP contribution in [0.15, 0.2) is 23.1 Å². The fourth-order valence-corrected chi connectivity index (χ4v) is 4.10. The summed E-state index contributed by atoms with van der Waals surface area (Å²) in [4.78, 5) is 0.254. The standard InChI is InChI=1S/C14H21ClN2O2S2/c1-9(2)7-10(3)17(4)21(18,19)13-6-5-11(14(16)20)8-12(13)15/h5-6,8-10H,7H2,1-4H3,(H2,16,20). The van der Waals surface area contributed by atoms with E-state index in [4.69, 9.17) is 29.6 Å². The normalized spacial score (nSPS) is 13.7. The Balaban J connectivity index is 3.16. The molecule has 0 spiro atoms. The Bertz CT molecular complexity index is 630. The zero-order valence-corrected chi connectivity index (χ0v) is 15.0. The average molecular weight is 349 g/mol. The van der Waals surface area contributed by atoms with E-state index in [9.17, 15) is 8.42 Å². The van der Waals surface area contributed by atoms with Crippen molar-refractivity contribution in [1.82, 2.24) is 4.31 Å². The molecular formula is C14H21ClN2O2S2. The molecule has 0 aliphatic carbocycles. The maximum Gasteiger partial charge on any atom is 0.244 e. The molecule has 1 unspecified atom stereocenters. The average Bonchev–Trinajstić information content (AvgIpc) is 2.36. The van der Waals surface area contributed by atoms with Gasteiger partial charge in [-0.2, -0.15) is 4.31 Å². The molecule has 7 heteroatoms. The molecule has 0 aromatic heterocycles. The highest BCUT2D eigenvalue weighted by molar-refractivity contribution is 7.89. The van der Waals surface area contributed by atoms with Gasteiger partial charge in [-0.3, -0.25) is 0 Å². The second-order valence-electron chi connectivity index (χ2n) is 5.51. The molecule has 0 aliphatic rings. The zero-order chi connectivity index (χ0) is 16.4. The summed E-state index contributed by atoms with van der Waals surface area (Å²) in [5.74, 6) is 0.408. The van der Waals surface area contributed by atoms with Crippen molar-refractivity contribution >= 4 is 38.8 Å². The first-order valence-corrected chi connectivity index (χ1v) is 8.87. The minimum absolute atomic E-state index is 0.0715. The quantitative estimate of drug-likeness (QED) is 0.802. The van der Waals surface area contributed by atoms with Crippen LogP contribution in [0, 0.1) is 5.92 Å². The van der Waals surface area contributed by atoms with Gasteiger partial charge in [0.1, 0.15) is 9.88 Å². The maximum absolute atomic E-state index is 12.6. The minimum atomic E-state index is -3.64. The van der Waals surface area contributed by atoms with Crippen LogP contribution < -0.4 is 5.73 Å². The summed E-state index contributed by atoms with van der Waals surface area (Å²) in [6.07, 6.45) is 0.776. The van der Waals surface area contributed by atoms with Crippen LogP contribution in [-0.2, 0) is 10.0 Å². The lowest BCUT2D eigenvalue weighted by Gasteiger charge is -2.26. The van der Waals surface area contributed by atoms with Gasteiger partial charge in [-0.25, -0.2) is 8.42 Å². The molecule has 0 amide bonds. The Hall–Kier alpha value is -0.690. The smallest absolute Gasteiger partial charge is 0.244 e. The molecule has 0 heterocycles. The van der Waals surface area contributed by atoms with Crippen molar-refractivity contribution in [2.45, 2.75) is 38.1 Å². The van der Waals surface area contributed by atoms with Gasteiger partial charge in [-0.05, 0) is 31.4 Å². The lowest BCUT2D eigenvalue weighted by Crippen LogP contribution is -2.36. The SMILES string of the molecule is CC(C)CC(C)N(C)S(=O)(=O)c1ccc(C(N)=S)cc1Cl. The van der Waals surface area contributed by atoms with E-state index >= 15 is 0 Å². The Labute approximate surface area is 137 Å². The maximum atomic E-state index is 12.6. The van der Waals surface area contributed by atoms with E-state index in [0.29, 0.717) is 11.5 Å². The second-order valence-corrected chi connectivity index (χ2v) is 8.32. The zero-order valence-electron chi connectivity index (χ0n) is 12.6. The van der Waals surface area contributed by atoms with Crippen molar-refractivity contribution in [2.24, 2.45) is 11.7 Å². The van der Waals surface area contributed by atoms with Gasteiger partial charge < -0.3 is 5.73 Å². The summed E-state index contributed by atoms with van der Waals surface area (Å²) in [5, 5.41) is 0.129. The van der Waals surface area contributed by atoms with Crippen molar-refractivity contribution in [1.29, 1.82) is 0 Å².